The Bertz CT molecular complexity index is 706. The molecule has 1 aromatic carbocycles. The van der Waals surface area contributed by atoms with Crippen molar-refractivity contribution < 1.29 is 4.39 Å². The van der Waals surface area contributed by atoms with Crippen molar-refractivity contribution in [1.29, 1.82) is 0 Å². The third kappa shape index (κ3) is 3.71. The van der Waals surface area contributed by atoms with Gasteiger partial charge >= 0.3 is 0 Å². The number of aryl methyl sites for hydroxylation is 1. The normalized spacial score (nSPS) is 17.5. The van der Waals surface area contributed by atoms with Crippen molar-refractivity contribution in [2.45, 2.75) is 45.1 Å². The maximum absolute atomic E-state index is 12.9. The molecule has 0 aliphatic heterocycles. The molecule has 0 amide bonds. The van der Waals surface area contributed by atoms with E-state index in [9.17, 15) is 4.39 Å². The van der Waals surface area contributed by atoms with Crippen LogP contribution in [-0.4, -0.2) is 16.9 Å². The molecule has 1 aliphatic carbocycles. The Kier molecular flexibility index (Phi) is 4.83. The Morgan fingerprint density at radius 2 is 1.91 bits per heavy atom. The van der Waals surface area contributed by atoms with E-state index in [2.05, 4.69) is 10.5 Å². The van der Waals surface area contributed by atoms with Gasteiger partial charge in [-0.25, -0.2) is 9.07 Å². The van der Waals surface area contributed by atoms with E-state index in [0.29, 0.717) is 6.04 Å². The summed E-state index contributed by atoms with van der Waals surface area (Å²) >= 11 is 1.63. The van der Waals surface area contributed by atoms with Gasteiger partial charge in [-0.05, 0) is 37.5 Å². The van der Waals surface area contributed by atoms with Crippen LogP contribution >= 0.6 is 11.3 Å². The lowest BCUT2D eigenvalue weighted by Crippen LogP contribution is -2.19. The molecule has 3 nitrogen and oxygen atoms in total. The van der Waals surface area contributed by atoms with Crippen molar-refractivity contribution in [3.05, 3.63) is 51.5 Å². The van der Waals surface area contributed by atoms with Crippen LogP contribution in [0.2, 0.25) is 0 Å². The maximum atomic E-state index is 12.9. The summed E-state index contributed by atoms with van der Waals surface area (Å²) in [6.07, 6.45) is 7.99. The quantitative estimate of drug-likeness (QED) is 0.763. The van der Waals surface area contributed by atoms with Gasteiger partial charge in [0.25, 0.3) is 0 Å². The molecule has 1 saturated carbocycles. The van der Waals surface area contributed by atoms with Gasteiger partial charge in [0, 0.05) is 5.38 Å². The Hall–Kier alpha value is -1.75. The topological polar surface area (TPSA) is 29.6 Å². The lowest BCUT2D eigenvalue weighted by atomic mass is 9.96. The number of benzene rings is 1. The second-order valence-electron chi connectivity index (χ2n) is 5.69. The molecule has 0 unspecified atom stereocenters. The van der Waals surface area contributed by atoms with E-state index in [1.165, 1.54) is 44.2 Å². The van der Waals surface area contributed by atoms with Crippen LogP contribution in [0.1, 0.15) is 43.4 Å². The summed E-state index contributed by atoms with van der Waals surface area (Å²) in [5, 5.41) is 6.59. The van der Waals surface area contributed by atoms with Gasteiger partial charge in [-0.2, -0.15) is 5.10 Å². The molecule has 116 valence electrons. The molecule has 5 heteroatoms. The van der Waals surface area contributed by atoms with Crippen molar-refractivity contribution in [1.82, 2.24) is 4.68 Å². The number of thiazole rings is 1. The highest BCUT2D eigenvalue weighted by Gasteiger charge is 2.12. The summed E-state index contributed by atoms with van der Waals surface area (Å²) in [6, 6.07) is 6.76. The second kappa shape index (κ2) is 7.01. The van der Waals surface area contributed by atoms with Crippen LogP contribution in [0.4, 0.5) is 4.39 Å². The first kappa shape index (κ1) is 15.2. The van der Waals surface area contributed by atoms with Gasteiger partial charge in [-0.1, -0.05) is 31.4 Å². The van der Waals surface area contributed by atoms with Crippen molar-refractivity contribution >= 4 is 17.6 Å². The van der Waals surface area contributed by atoms with E-state index >= 15 is 0 Å². The average molecular weight is 317 g/mol. The van der Waals surface area contributed by atoms with E-state index < -0.39 is 0 Å². The van der Waals surface area contributed by atoms with Crippen LogP contribution in [0, 0.1) is 12.7 Å². The van der Waals surface area contributed by atoms with Gasteiger partial charge in [0.05, 0.1) is 18.0 Å². The predicted molar refractivity (Wildman–Crippen MR) is 88.9 cm³/mol. The minimum atomic E-state index is -0.232. The van der Waals surface area contributed by atoms with E-state index in [0.717, 1.165) is 16.1 Å². The van der Waals surface area contributed by atoms with Crippen molar-refractivity contribution in [3.63, 3.8) is 0 Å². The highest BCUT2D eigenvalue weighted by atomic mass is 32.1. The van der Waals surface area contributed by atoms with Crippen LogP contribution in [0.15, 0.2) is 39.7 Å². The van der Waals surface area contributed by atoms with Gasteiger partial charge in [0.15, 0.2) is 0 Å². The molecule has 1 heterocycles. The number of halogens is 1. The monoisotopic (exact) mass is 317 g/mol. The maximum Gasteiger partial charge on any atom is 0.206 e. The van der Waals surface area contributed by atoms with E-state index in [4.69, 9.17) is 4.99 Å². The molecule has 1 aromatic heterocycles. The van der Waals surface area contributed by atoms with Gasteiger partial charge in [-0.3, -0.25) is 4.99 Å². The molecule has 0 radical (unpaired) electrons. The van der Waals surface area contributed by atoms with E-state index in [1.54, 1.807) is 29.7 Å². The summed E-state index contributed by atoms with van der Waals surface area (Å²) in [7, 11) is 0. The molecule has 1 fully saturated rings. The Morgan fingerprint density at radius 1 is 1.18 bits per heavy atom. The minimum Gasteiger partial charge on any atom is -0.254 e. The molecule has 0 atom stereocenters. The molecule has 0 spiro atoms. The zero-order valence-electron chi connectivity index (χ0n) is 12.7. The molecule has 0 bridgehead atoms. The Morgan fingerprint density at radius 3 is 2.64 bits per heavy atom. The van der Waals surface area contributed by atoms with Gasteiger partial charge in [0.2, 0.25) is 4.80 Å². The molecule has 3 rings (SSSR count). The molecule has 1 aliphatic rings. The summed E-state index contributed by atoms with van der Waals surface area (Å²) in [6.45, 7) is 2.03. The van der Waals surface area contributed by atoms with Crippen LogP contribution in [-0.2, 0) is 0 Å². The Labute approximate surface area is 133 Å². The lowest BCUT2D eigenvalue weighted by Gasteiger charge is -2.16. The molecule has 0 saturated heterocycles. The first-order valence-corrected chi connectivity index (χ1v) is 8.61. The fraction of sp³-hybridized carbons (Fsp3) is 0.412. The average Bonchev–Trinajstić information content (AvgIpc) is 2.88. The molecular weight excluding hydrogens is 297 g/mol. The molecule has 0 N–H and O–H groups in total. The number of rotatable bonds is 3. The first-order valence-electron chi connectivity index (χ1n) is 7.73. The number of hydrogen-bond acceptors (Lipinski definition) is 3. The van der Waals surface area contributed by atoms with Gasteiger partial charge < -0.3 is 0 Å². The fourth-order valence-electron chi connectivity index (χ4n) is 2.65. The third-order valence-corrected chi connectivity index (χ3v) is 4.86. The van der Waals surface area contributed by atoms with Crippen LogP contribution in [0.25, 0.3) is 0 Å². The SMILES string of the molecule is Cc1csc(=NC2CCCCC2)n1N=Cc1ccc(F)cc1. The van der Waals surface area contributed by atoms with Crippen LogP contribution in [0.5, 0.6) is 0 Å². The minimum absolute atomic E-state index is 0.232. The zero-order chi connectivity index (χ0) is 15.4. The highest BCUT2D eigenvalue weighted by molar-refractivity contribution is 7.07. The van der Waals surface area contributed by atoms with Crippen molar-refractivity contribution in [2.24, 2.45) is 10.1 Å². The first-order chi connectivity index (χ1) is 10.7. The number of nitrogens with zero attached hydrogens (tertiary/aromatic N) is 3. The predicted octanol–water partition coefficient (Wildman–Crippen LogP) is 4.11. The van der Waals surface area contributed by atoms with E-state index in [-0.39, 0.29) is 5.82 Å². The Balaban J connectivity index is 1.85. The van der Waals surface area contributed by atoms with Crippen molar-refractivity contribution in [2.75, 3.05) is 0 Å². The lowest BCUT2D eigenvalue weighted by molar-refractivity contribution is 0.435. The van der Waals surface area contributed by atoms with E-state index in [1.807, 2.05) is 11.6 Å². The van der Waals surface area contributed by atoms with Crippen LogP contribution in [0.3, 0.4) is 0 Å². The van der Waals surface area contributed by atoms with Crippen molar-refractivity contribution in [3.8, 4) is 0 Å². The largest absolute Gasteiger partial charge is 0.254 e. The van der Waals surface area contributed by atoms with Crippen LogP contribution < -0.4 is 4.80 Å². The number of aromatic nitrogens is 1. The zero-order valence-corrected chi connectivity index (χ0v) is 13.5. The highest BCUT2D eigenvalue weighted by Crippen LogP contribution is 2.20. The summed E-state index contributed by atoms with van der Waals surface area (Å²) in [5.74, 6) is -0.232. The smallest absolute Gasteiger partial charge is 0.206 e. The molecular formula is C17H20FN3S. The summed E-state index contributed by atoms with van der Waals surface area (Å²) < 4.78 is 14.8. The fourth-order valence-corrected chi connectivity index (χ4v) is 3.53. The third-order valence-electron chi connectivity index (χ3n) is 3.91. The van der Waals surface area contributed by atoms with Gasteiger partial charge in [-0.15, -0.1) is 11.3 Å². The second-order valence-corrected chi connectivity index (χ2v) is 6.53. The standard InChI is InChI=1S/C17H20FN3S/c1-13-12-22-17(20-16-5-3-2-4-6-16)21(13)19-11-14-7-9-15(18)10-8-14/h7-12,16H,2-6H2,1H3. The molecule has 2 aromatic rings. The van der Waals surface area contributed by atoms with Gasteiger partial charge in [0.1, 0.15) is 5.82 Å². The summed E-state index contributed by atoms with van der Waals surface area (Å²) in [5.41, 5.74) is 1.95. The number of hydrogen-bond donors (Lipinski definition) is 0. The molecule has 22 heavy (non-hydrogen) atoms. The summed E-state index contributed by atoms with van der Waals surface area (Å²) in [4.78, 5) is 5.82.